The summed E-state index contributed by atoms with van der Waals surface area (Å²) in [7, 11) is -2.49. The van der Waals surface area contributed by atoms with Crippen LogP contribution in [0.25, 0.3) is 0 Å². The minimum atomic E-state index is -3.34. The van der Waals surface area contributed by atoms with Crippen molar-refractivity contribution in [2.45, 2.75) is 121 Å². The number of ketones is 2. The van der Waals surface area contributed by atoms with E-state index in [0.717, 1.165) is 32.9 Å². The van der Waals surface area contributed by atoms with Gasteiger partial charge in [0.05, 0.1) is 9.79 Å². The molecule has 0 radical (unpaired) electrons. The van der Waals surface area contributed by atoms with Gasteiger partial charge >= 0.3 is 0 Å². The quantitative estimate of drug-likeness (QED) is 0.111. The molecule has 0 heterocycles. The van der Waals surface area contributed by atoms with Crippen LogP contribution in [0.15, 0.2) is 289 Å². The molecule has 0 saturated heterocycles. The number of hydrogen-bond acceptors (Lipinski definition) is 6. The molecule has 9 aromatic carbocycles. The molecule has 9 aromatic rings. The second-order valence-electron chi connectivity index (χ2n) is 14.4. The Hall–Kier alpha value is -7.54. The fourth-order valence-electron chi connectivity index (χ4n) is 5.99. The number of benzene rings is 9. The average molecular weight is 1160 g/mol. The first-order valence-corrected chi connectivity index (χ1v) is 33.0. The van der Waals surface area contributed by atoms with Crippen LogP contribution >= 0.6 is 7.14 Å². The van der Waals surface area contributed by atoms with Gasteiger partial charge < -0.3 is 9.30 Å². The van der Waals surface area contributed by atoms with Crippen LogP contribution in [0.4, 0.5) is 0 Å². The minimum absolute atomic E-state index is 0.0752. The number of sulfone groups is 1. The third kappa shape index (κ3) is 37.2. The summed E-state index contributed by atoms with van der Waals surface area (Å²) in [6.45, 7) is 33.8. The standard InChI is InChI=1S/C13H13OP.2C13H10O.C12H10O2S.C6H6.C2H6O.8C2H6/c1-15(14,12-8-4-2-5-9-12)13-10-6-3-7-11-13;2*14-13(11-7-3-1-4-8-11)12-9-5-2-6-10-12;13-15(14,11-7-3-1-4-8-11)12-9-5-2-6-10-12;1-2-4-6-5-3-1;1-3-2;8*1-2/h2-11H,1H3;2*1-10H;1-10H;1-6H;1-2H3;8*1-2H3. The van der Waals surface area contributed by atoms with E-state index in [4.69, 9.17) is 0 Å². The SMILES string of the molecule is CC.CC.CC.CC.CC.CC.CC.CC.COC.CP(=O)(c1ccccc1)c1ccccc1.O=C(c1ccccc1)c1ccccc1.O=C(c1ccccc1)c1ccccc1.O=S(=O)(c1ccccc1)c1ccccc1.c1ccccc1. The summed E-state index contributed by atoms with van der Waals surface area (Å²) in [5, 5.41) is 1.83. The summed E-state index contributed by atoms with van der Waals surface area (Å²) in [6.07, 6.45) is 0. The molecule has 0 atom stereocenters. The lowest BCUT2D eigenvalue weighted by atomic mass is 10.0. The van der Waals surface area contributed by atoms with Gasteiger partial charge in [0.25, 0.3) is 0 Å². The fourth-order valence-corrected chi connectivity index (χ4v) is 9.07. The van der Waals surface area contributed by atoms with Crippen molar-refractivity contribution >= 4 is 39.2 Å². The number of ether oxygens (including phenoxy) is 1. The van der Waals surface area contributed by atoms with Gasteiger partial charge in [-0.3, -0.25) is 9.59 Å². The third-order valence-electron chi connectivity index (χ3n) is 9.42. The van der Waals surface area contributed by atoms with Crippen molar-refractivity contribution in [2.24, 2.45) is 0 Å². The van der Waals surface area contributed by atoms with E-state index in [1.807, 2.05) is 336 Å². The zero-order chi connectivity index (χ0) is 64.0. The summed E-state index contributed by atoms with van der Waals surface area (Å²) in [5.74, 6) is 0.150. The van der Waals surface area contributed by atoms with Crippen LogP contribution in [0.3, 0.4) is 0 Å². The van der Waals surface area contributed by atoms with Crippen LogP contribution in [-0.2, 0) is 19.1 Å². The molecule has 0 unspecified atom stereocenters. The number of rotatable bonds is 8. The number of methoxy groups -OCH3 is 1. The van der Waals surface area contributed by atoms with E-state index >= 15 is 0 Å². The van der Waals surface area contributed by atoms with Crippen molar-refractivity contribution in [3.63, 3.8) is 0 Å². The molecular weight excluding hydrogens is 1060 g/mol. The molecule has 0 N–H and O–H groups in total. The van der Waals surface area contributed by atoms with Gasteiger partial charge in [-0.1, -0.05) is 366 Å². The Morgan fingerprint density at radius 1 is 0.277 bits per heavy atom. The molecular formula is C75H103O6PS. The summed E-state index contributed by atoms with van der Waals surface area (Å²) in [5.41, 5.74) is 2.94. The molecule has 450 valence electrons. The van der Waals surface area contributed by atoms with Gasteiger partial charge in [-0.15, -0.1) is 0 Å². The smallest absolute Gasteiger partial charge is 0.206 e. The van der Waals surface area contributed by atoms with E-state index < -0.39 is 17.0 Å². The molecule has 0 aliphatic heterocycles. The summed E-state index contributed by atoms with van der Waals surface area (Å²) in [6, 6.07) is 85.4. The predicted octanol–water partition coefficient (Wildman–Crippen LogP) is 21.1. The van der Waals surface area contributed by atoms with Gasteiger partial charge in [0.2, 0.25) is 9.84 Å². The molecule has 0 aromatic heterocycles. The molecule has 0 spiro atoms. The Morgan fingerprint density at radius 2 is 0.410 bits per heavy atom. The van der Waals surface area contributed by atoms with E-state index in [-0.39, 0.29) is 11.6 Å². The Bertz CT molecular complexity index is 2590. The predicted molar refractivity (Wildman–Crippen MR) is 367 cm³/mol. The van der Waals surface area contributed by atoms with Crippen LogP contribution in [0.2, 0.25) is 0 Å². The van der Waals surface area contributed by atoms with Crippen molar-refractivity contribution in [3.8, 4) is 0 Å². The molecule has 0 bridgehead atoms. The maximum Gasteiger partial charge on any atom is 0.206 e. The number of carbonyl (C=O) groups excluding carboxylic acids is 2. The van der Waals surface area contributed by atoms with Gasteiger partial charge in [-0.05, 0) is 30.9 Å². The zero-order valence-electron chi connectivity index (χ0n) is 53.9. The van der Waals surface area contributed by atoms with Crippen LogP contribution in [0.5, 0.6) is 0 Å². The van der Waals surface area contributed by atoms with Gasteiger partial charge in [0.15, 0.2) is 11.6 Å². The maximum atomic E-state index is 12.6. The van der Waals surface area contributed by atoms with Crippen molar-refractivity contribution in [1.29, 1.82) is 0 Å². The van der Waals surface area contributed by atoms with Crippen molar-refractivity contribution in [1.82, 2.24) is 0 Å². The summed E-state index contributed by atoms with van der Waals surface area (Å²) < 4.78 is 40.9. The lowest BCUT2D eigenvalue weighted by molar-refractivity contribution is 0.103. The van der Waals surface area contributed by atoms with E-state index in [1.54, 1.807) is 74.9 Å². The highest BCUT2D eigenvalue weighted by Crippen LogP contribution is 2.38. The lowest BCUT2D eigenvalue weighted by Crippen LogP contribution is -2.14. The number of carbonyl (C=O) groups is 2. The molecule has 8 heteroatoms. The average Bonchev–Trinajstić information content (AvgIpc) is 3.72. The first-order valence-electron chi connectivity index (χ1n) is 29.3. The van der Waals surface area contributed by atoms with Crippen molar-refractivity contribution in [3.05, 3.63) is 301 Å². The highest BCUT2D eigenvalue weighted by Gasteiger charge is 2.20. The van der Waals surface area contributed by atoms with E-state index in [2.05, 4.69) is 4.74 Å². The van der Waals surface area contributed by atoms with Crippen molar-refractivity contribution < 1.29 is 27.3 Å². The second kappa shape index (κ2) is 60.6. The Morgan fingerprint density at radius 3 is 0.578 bits per heavy atom. The largest absolute Gasteiger partial charge is 0.388 e. The highest BCUT2D eigenvalue weighted by molar-refractivity contribution is 7.91. The number of hydrogen-bond donors (Lipinski definition) is 0. The topological polar surface area (TPSA) is 94.6 Å². The molecule has 83 heavy (non-hydrogen) atoms. The second-order valence-corrected chi connectivity index (χ2v) is 19.2. The molecule has 0 amide bonds. The van der Waals surface area contributed by atoms with Crippen LogP contribution in [0.1, 0.15) is 143 Å². The molecule has 0 saturated carbocycles. The fraction of sp³-hybridized carbons (Fsp3) is 0.253. The first-order chi connectivity index (χ1) is 40.6. The third-order valence-corrected chi connectivity index (χ3v) is 13.8. The van der Waals surface area contributed by atoms with Gasteiger partial charge in [-0.2, -0.15) is 0 Å². The zero-order valence-corrected chi connectivity index (χ0v) is 55.6. The van der Waals surface area contributed by atoms with E-state index in [0.29, 0.717) is 9.79 Å². The molecule has 6 nitrogen and oxygen atoms in total. The molecule has 0 fully saturated rings. The monoisotopic (exact) mass is 1160 g/mol. The highest BCUT2D eigenvalue weighted by atomic mass is 32.2. The molecule has 0 aliphatic carbocycles. The maximum absolute atomic E-state index is 12.6. The van der Waals surface area contributed by atoms with E-state index in [1.165, 1.54) is 0 Å². The normalized spacial score (nSPS) is 8.71. The van der Waals surface area contributed by atoms with Crippen LogP contribution in [-0.4, -0.2) is 40.9 Å². The van der Waals surface area contributed by atoms with Gasteiger partial charge in [-0.25, -0.2) is 8.42 Å². The Labute approximate surface area is 506 Å². The molecule has 9 rings (SSSR count). The van der Waals surface area contributed by atoms with E-state index in [9.17, 15) is 22.6 Å². The minimum Gasteiger partial charge on any atom is -0.388 e. The molecule has 0 aliphatic rings. The van der Waals surface area contributed by atoms with Crippen molar-refractivity contribution in [2.75, 3.05) is 20.9 Å². The first kappa shape index (κ1) is 84.3. The van der Waals surface area contributed by atoms with Crippen LogP contribution < -0.4 is 10.6 Å². The Balaban J connectivity index is -0.000000288. The van der Waals surface area contributed by atoms with Gasteiger partial charge in [0.1, 0.15) is 7.14 Å². The summed E-state index contributed by atoms with van der Waals surface area (Å²) in [4.78, 5) is 24.4. The van der Waals surface area contributed by atoms with Crippen LogP contribution in [0, 0.1) is 0 Å². The lowest BCUT2D eigenvalue weighted by Gasteiger charge is -2.13. The Kier molecular flexibility index (Phi) is 61.5. The summed E-state index contributed by atoms with van der Waals surface area (Å²) >= 11 is 0. The van der Waals surface area contributed by atoms with Gasteiger partial charge in [0, 0.05) is 47.1 Å².